The Hall–Kier alpha value is 0.360. The molecular formula is C16H12Br2Cl4O. The van der Waals surface area contributed by atoms with E-state index in [9.17, 15) is 0 Å². The van der Waals surface area contributed by atoms with Gasteiger partial charge in [0.2, 0.25) is 0 Å². The number of alkyl halides is 2. The van der Waals surface area contributed by atoms with Crippen molar-refractivity contribution in [1.82, 2.24) is 0 Å². The van der Waals surface area contributed by atoms with E-state index in [0.29, 0.717) is 44.4 Å². The molecule has 0 spiro atoms. The summed E-state index contributed by atoms with van der Waals surface area (Å²) in [6.07, 6.45) is 1.40. The lowest BCUT2D eigenvalue weighted by atomic mass is 10.1. The van der Waals surface area contributed by atoms with Crippen molar-refractivity contribution in [3.05, 3.63) is 55.5 Å². The third-order valence-corrected chi connectivity index (χ3v) is 5.69. The van der Waals surface area contributed by atoms with Crippen LogP contribution in [-0.2, 0) is 12.8 Å². The van der Waals surface area contributed by atoms with Crippen molar-refractivity contribution >= 4 is 78.3 Å². The highest BCUT2D eigenvalue weighted by atomic mass is 79.9. The molecule has 0 aliphatic carbocycles. The molecule has 2 aromatic rings. The Morgan fingerprint density at radius 3 is 1.43 bits per heavy atom. The number of ether oxygens (including phenoxy) is 1. The van der Waals surface area contributed by atoms with Crippen LogP contribution in [0, 0.1) is 0 Å². The first-order chi connectivity index (χ1) is 11.0. The minimum absolute atomic E-state index is 0.504. The Balaban J connectivity index is 2.47. The second-order valence-corrected chi connectivity index (χ2v) is 7.81. The van der Waals surface area contributed by atoms with Crippen LogP contribution in [0.4, 0.5) is 0 Å². The van der Waals surface area contributed by atoms with E-state index in [4.69, 9.17) is 51.1 Å². The lowest BCUT2D eigenvalue weighted by Gasteiger charge is -2.16. The molecule has 0 aromatic heterocycles. The fraction of sp³-hybridized carbons (Fsp3) is 0.250. The highest BCUT2D eigenvalue weighted by Gasteiger charge is 2.16. The van der Waals surface area contributed by atoms with E-state index >= 15 is 0 Å². The number of rotatable bonds is 6. The van der Waals surface area contributed by atoms with Gasteiger partial charge in [-0.25, -0.2) is 0 Å². The number of benzene rings is 2. The van der Waals surface area contributed by atoms with Gasteiger partial charge in [-0.15, -0.1) is 0 Å². The van der Waals surface area contributed by atoms with Crippen molar-refractivity contribution in [3.8, 4) is 11.5 Å². The Morgan fingerprint density at radius 2 is 1.09 bits per heavy atom. The molecule has 0 unspecified atom stereocenters. The average Bonchev–Trinajstić information content (AvgIpc) is 2.53. The van der Waals surface area contributed by atoms with Gasteiger partial charge in [0.15, 0.2) is 0 Å². The second kappa shape index (κ2) is 9.17. The van der Waals surface area contributed by atoms with Gasteiger partial charge in [-0.3, -0.25) is 0 Å². The molecule has 2 rings (SSSR count). The van der Waals surface area contributed by atoms with Crippen molar-refractivity contribution in [2.24, 2.45) is 0 Å². The van der Waals surface area contributed by atoms with Crippen LogP contribution in [0.25, 0.3) is 0 Å². The molecule has 23 heavy (non-hydrogen) atoms. The summed E-state index contributed by atoms with van der Waals surface area (Å²) in [5.41, 5.74) is 1.71. The molecule has 0 saturated heterocycles. The predicted octanol–water partition coefficient (Wildman–Crippen LogP) is 7.97. The standard InChI is InChI=1S/C16H12Br2Cl4O/c17-7-5-9-13(3-1-11(19)15(9)21)23-14-4-2-12(20)16(22)10(14)6-8-18/h1-4H,5-8H2. The molecule has 0 bridgehead atoms. The number of halogens is 6. The molecule has 1 nitrogen and oxygen atoms in total. The molecular weight excluding hydrogens is 510 g/mol. The van der Waals surface area contributed by atoms with Crippen molar-refractivity contribution in [2.75, 3.05) is 10.7 Å². The average molecular weight is 522 g/mol. The van der Waals surface area contributed by atoms with Crippen LogP contribution in [0.5, 0.6) is 11.5 Å². The zero-order chi connectivity index (χ0) is 17.0. The fourth-order valence-electron chi connectivity index (χ4n) is 2.11. The van der Waals surface area contributed by atoms with Crippen molar-refractivity contribution < 1.29 is 4.74 Å². The smallest absolute Gasteiger partial charge is 0.132 e. The molecule has 0 N–H and O–H groups in total. The van der Waals surface area contributed by atoms with Gasteiger partial charge in [-0.1, -0.05) is 78.3 Å². The Bertz CT molecular complexity index is 647. The fourth-order valence-corrected chi connectivity index (χ4v) is 3.76. The maximum atomic E-state index is 6.31. The van der Waals surface area contributed by atoms with Crippen LogP contribution in [0.2, 0.25) is 20.1 Å². The third kappa shape index (κ3) is 4.71. The lowest BCUT2D eigenvalue weighted by molar-refractivity contribution is 0.471. The molecule has 0 fully saturated rings. The van der Waals surface area contributed by atoms with Gasteiger partial charge in [0, 0.05) is 21.8 Å². The third-order valence-electron chi connectivity index (χ3n) is 3.22. The second-order valence-electron chi connectivity index (χ2n) is 4.66. The highest BCUT2D eigenvalue weighted by Crippen LogP contribution is 2.40. The molecule has 0 saturated carbocycles. The minimum atomic E-state index is 0.504. The first-order valence-electron chi connectivity index (χ1n) is 6.73. The zero-order valence-electron chi connectivity index (χ0n) is 11.8. The summed E-state index contributed by atoms with van der Waals surface area (Å²) in [6, 6.07) is 7.07. The topological polar surface area (TPSA) is 9.23 Å². The van der Waals surface area contributed by atoms with Crippen LogP contribution in [-0.4, -0.2) is 10.7 Å². The maximum absolute atomic E-state index is 6.31. The summed E-state index contributed by atoms with van der Waals surface area (Å²) >= 11 is 31.7. The van der Waals surface area contributed by atoms with Gasteiger partial charge in [0.05, 0.1) is 20.1 Å². The summed E-state index contributed by atoms with van der Waals surface area (Å²) in [4.78, 5) is 0. The van der Waals surface area contributed by atoms with Crippen molar-refractivity contribution in [3.63, 3.8) is 0 Å². The Labute approximate surface area is 172 Å². The molecule has 124 valence electrons. The number of hydrogen-bond donors (Lipinski definition) is 0. The number of hydrogen-bond acceptors (Lipinski definition) is 1. The van der Waals surface area contributed by atoms with Gasteiger partial charge in [0.1, 0.15) is 11.5 Å². The SMILES string of the molecule is Clc1ccc(Oc2ccc(Cl)c(Cl)c2CCBr)c(CCBr)c1Cl. The van der Waals surface area contributed by atoms with Gasteiger partial charge >= 0.3 is 0 Å². The Kier molecular flexibility index (Phi) is 7.84. The summed E-state index contributed by atoms with van der Waals surface area (Å²) in [7, 11) is 0. The molecule has 0 aliphatic rings. The van der Waals surface area contributed by atoms with Crippen LogP contribution >= 0.6 is 78.3 Å². The van der Waals surface area contributed by atoms with Crippen LogP contribution in [0.3, 0.4) is 0 Å². The van der Waals surface area contributed by atoms with E-state index in [1.807, 2.05) is 12.1 Å². The maximum Gasteiger partial charge on any atom is 0.132 e. The van der Waals surface area contributed by atoms with Crippen molar-refractivity contribution in [2.45, 2.75) is 12.8 Å². The van der Waals surface area contributed by atoms with E-state index in [-0.39, 0.29) is 0 Å². The zero-order valence-corrected chi connectivity index (χ0v) is 18.0. The molecule has 0 radical (unpaired) electrons. The molecule has 0 atom stereocenters. The molecule has 0 aliphatic heterocycles. The van der Waals surface area contributed by atoms with Crippen LogP contribution in [0.1, 0.15) is 11.1 Å². The molecule has 7 heteroatoms. The van der Waals surface area contributed by atoms with E-state index in [1.165, 1.54) is 0 Å². The summed E-state index contributed by atoms with van der Waals surface area (Å²) in [6.45, 7) is 0. The molecule has 0 amide bonds. The first-order valence-corrected chi connectivity index (χ1v) is 10.5. The van der Waals surface area contributed by atoms with Gasteiger partial charge < -0.3 is 4.74 Å². The van der Waals surface area contributed by atoms with E-state index in [2.05, 4.69) is 31.9 Å². The summed E-state index contributed by atoms with van der Waals surface area (Å²) in [5, 5.41) is 3.52. The lowest BCUT2D eigenvalue weighted by Crippen LogP contribution is -1.99. The van der Waals surface area contributed by atoms with Gasteiger partial charge in [-0.2, -0.15) is 0 Å². The monoisotopic (exact) mass is 518 g/mol. The summed E-state index contributed by atoms with van der Waals surface area (Å²) in [5.74, 6) is 1.32. The van der Waals surface area contributed by atoms with Crippen LogP contribution in [0.15, 0.2) is 24.3 Å². The Morgan fingerprint density at radius 1 is 0.696 bits per heavy atom. The van der Waals surface area contributed by atoms with E-state index in [0.717, 1.165) is 21.8 Å². The largest absolute Gasteiger partial charge is 0.457 e. The van der Waals surface area contributed by atoms with E-state index in [1.54, 1.807) is 12.1 Å². The summed E-state index contributed by atoms with van der Waals surface area (Å²) < 4.78 is 6.09. The first kappa shape index (κ1) is 19.7. The minimum Gasteiger partial charge on any atom is -0.457 e. The predicted molar refractivity (Wildman–Crippen MR) is 108 cm³/mol. The van der Waals surface area contributed by atoms with E-state index < -0.39 is 0 Å². The quantitative estimate of drug-likeness (QED) is 0.350. The van der Waals surface area contributed by atoms with Gasteiger partial charge in [0.25, 0.3) is 0 Å². The highest BCUT2D eigenvalue weighted by molar-refractivity contribution is 9.09. The molecule has 0 heterocycles. The van der Waals surface area contributed by atoms with Crippen molar-refractivity contribution in [1.29, 1.82) is 0 Å². The van der Waals surface area contributed by atoms with Gasteiger partial charge in [-0.05, 0) is 37.1 Å². The normalized spacial score (nSPS) is 10.9. The van der Waals surface area contributed by atoms with Crippen LogP contribution < -0.4 is 4.74 Å². The molecule has 2 aromatic carbocycles.